The van der Waals surface area contributed by atoms with Gasteiger partial charge in [-0.1, -0.05) is 24.3 Å². The van der Waals surface area contributed by atoms with Crippen molar-refractivity contribution in [2.75, 3.05) is 13.2 Å². The van der Waals surface area contributed by atoms with Crippen LogP contribution in [0.5, 0.6) is 5.75 Å². The van der Waals surface area contributed by atoms with E-state index in [-0.39, 0.29) is 0 Å². The molecule has 2 rings (SSSR count). The molecule has 3 heteroatoms. The maximum absolute atomic E-state index is 5.40. The maximum Gasteiger partial charge on any atom is 0.119 e. The van der Waals surface area contributed by atoms with Crippen molar-refractivity contribution in [2.45, 2.75) is 13.0 Å². The average Bonchev–Trinajstić information content (AvgIpc) is 3.12. The first-order valence-corrected chi connectivity index (χ1v) is 4.99. The first-order chi connectivity index (χ1) is 7.36. The van der Waals surface area contributed by atoms with Crippen LogP contribution in [-0.2, 0) is 4.74 Å². The molecule has 1 aromatic carbocycles. The van der Waals surface area contributed by atoms with Crippen molar-refractivity contribution < 1.29 is 9.47 Å². The highest BCUT2D eigenvalue weighted by Crippen LogP contribution is 2.13. The van der Waals surface area contributed by atoms with Crippen LogP contribution in [0, 0.1) is 0 Å². The number of hydrogen-bond acceptors (Lipinski definition) is 3. The number of epoxide rings is 1. The van der Waals surface area contributed by atoms with Gasteiger partial charge in [0.05, 0.1) is 6.61 Å². The SMILES string of the molecule is CC=CN.c1ccc(OCC2CO2)cc1. The normalized spacial score (nSPS) is 18.1. The van der Waals surface area contributed by atoms with Crippen molar-refractivity contribution in [1.82, 2.24) is 0 Å². The van der Waals surface area contributed by atoms with E-state index in [0.29, 0.717) is 12.7 Å². The van der Waals surface area contributed by atoms with Gasteiger partial charge >= 0.3 is 0 Å². The van der Waals surface area contributed by atoms with Gasteiger partial charge in [-0.15, -0.1) is 0 Å². The van der Waals surface area contributed by atoms with Gasteiger partial charge in [-0.2, -0.15) is 0 Å². The van der Waals surface area contributed by atoms with Gasteiger partial charge in [-0.3, -0.25) is 0 Å². The Balaban J connectivity index is 0.000000245. The van der Waals surface area contributed by atoms with E-state index < -0.39 is 0 Å². The molecule has 1 aromatic rings. The van der Waals surface area contributed by atoms with Crippen LogP contribution in [0.15, 0.2) is 42.6 Å². The smallest absolute Gasteiger partial charge is 0.119 e. The van der Waals surface area contributed by atoms with Crippen LogP contribution >= 0.6 is 0 Å². The van der Waals surface area contributed by atoms with E-state index in [0.717, 1.165) is 12.4 Å². The Morgan fingerprint density at radius 3 is 2.53 bits per heavy atom. The van der Waals surface area contributed by atoms with Crippen molar-refractivity contribution in [3.05, 3.63) is 42.6 Å². The van der Waals surface area contributed by atoms with Gasteiger partial charge in [-0.05, 0) is 25.3 Å². The molecule has 0 aromatic heterocycles. The van der Waals surface area contributed by atoms with Crippen LogP contribution in [0.25, 0.3) is 0 Å². The fourth-order valence-corrected chi connectivity index (χ4v) is 0.870. The molecular weight excluding hydrogens is 190 g/mol. The zero-order chi connectivity index (χ0) is 10.9. The third-order valence-corrected chi connectivity index (χ3v) is 1.77. The highest BCUT2D eigenvalue weighted by atomic mass is 16.6. The first kappa shape index (κ1) is 11.6. The van der Waals surface area contributed by atoms with E-state index in [1.54, 1.807) is 6.08 Å². The van der Waals surface area contributed by atoms with Crippen LogP contribution < -0.4 is 10.5 Å². The number of allylic oxidation sites excluding steroid dienone is 1. The van der Waals surface area contributed by atoms with Gasteiger partial charge in [-0.25, -0.2) is 0 Å². The fourth-order valence-electron chi connectivity index (χ4n) is 0.870. The molecule has 0 radical (unpaired) electrons. The van der Waals surface area contributed by atoms with Gasteiger partial charge in [0, 0.05) is 0 Å². The Hall–Kier alpha value is -1.48. The molecule has 82 valence electrons. The molecule has 1 aliphatic heterocycles. The second-order valence-corrected chi connectivity index (χ2v) is 3.11. The molecule has 1 heterocycles. The molecule has 1 saturated heterocycles. The topological polar surface area (TPSA) is 47.8 Å². The number of nitrogens with two attached hydrogens (primary N) is 1. The van der Waals surface area contributed by atoms with Gasteiger partial charge in [0.25, 0.3) is 0 Å². The molecule has 3 nitrogen and oxygen atoms in total. The maximum atomic E-state index is 5.40. The molecular formula is C12H17NO2. The lowest BCUT2D eigenvalue weighted by molar-refractivity contribution is 0.263. The van der Waals surface area contributed by atoms with Crippen LogP contribution in [0.3, 0.4) is 0 Å². The minimum Gasteiger partial charge on any atom is -0.491 e. The number of hydrogen-bond donors (Lipinski definition) is 1. The second-order valence-electron chi connectivity index (χ2n) is 3.11. The molecule has 1 unspecified atom stereocenters. The third kappa shape index (κ3) is 5.75. The Bertz CT molecular complexity index is 277. The van der Waals surface area contributed by atoms with Crippen molar-refractivity contribution in [2.24, 2.45) is 5.73 Å². The first-order valence-electron chi connectivity index (χ1n) is 4.99. The predicted octanol–water partition coefficient (Wildman–Crippen LogP) is 1.94. The third-order valence-electron chi connectivity index (χ3n) is 1.77. The van der Waals surface area contributed by atoms with Crippen LogP contribution in [0.2, 0.25) is 0 Å². The molecule has 15 heavy (non-hydrogen) atoms. The lowest BCUT2D eigenvalue weighted by Crippen LogP contribution is -2.03. The summed E-state index contributed by atoms with van der Waals surface area (Å²) in [5.41, 5.74) is 4.85. The Morgan fingerprint density at radius 2 is 2.07 bits per heavy atom. The molecule has 2 N–H and O–H groups in total. The number of rotatable bonds is 3. The lowest BCUT2D eigenvalue weighted by Gasteiger charge is -2.01. The summed E-state index contributed by atoms with van der Waals surface area (Å²) in [5, 5.41) is 0. The fraction of sp³-hybridized carbons (Fsp3) is 0.333. The Morgan fingerprint density at radius 1 is 1.47 bits per heavy atom. The van der Waals surface area contributed by atoms with Crippen molar-refractivity contribution in [1.29, 1.82) is 0 Å². The molecule has 0 saturated carbocycles. The summed E-state index contributed by atoms with van der Waals surface area (Å²) in [4.78, 5) is 0. The molecule has 0 aliphatic carbocycles. The van der Waals surface area contributed by atoms with E-state index in [1.165, 1.54) is 6.20 Å². The molecule has 1 fully saturated rings. The molecule has 1 aliphatic rings. The zero-order valence-electron chi connectivity index (χ0n) is 8.93. The number of para-hydroxylation sites is 1. The summed E-state index contributed by atoms with van der Waals surface area (Å²) in [5.74, 6) is 0.919. The standard InChI is InChI=1S/C9H10O2.C3H7N/c1-2-4-8(5-3-1)10-6-9-7-11-9;1-2-3-4/h1-5,9H,6-7H2;2-3H,4H2,1H3. The quantitative estimate of drug-likeness (QED) is 0.770. The van der Waals surface area contributed by atoms with Crippen molar-refractivity contribution in [3.8, 4) is 5.75 Å². The van der Waals surface area contributed by atoms with E-state index in [9.17, 15) is 0 Å². The van der Waals surface area contributed by atoms with E-state index >= 15 is 0 Å². The second kappa shape index (κ2) is 6.90. The molecule has 1 atom stereocenters. The van der Waals surface area contributed by atoms with Gasteiger partial charge < -0.3 is 15.2 Å². The average molecular weight is 207 g/mol. The van der Waals surface area contributed by atoms with Gasteiger partial charge in [0.1, 0.15) is 18.5 Å². The largest absolute Gasteiger partial charge is 0.491 e. The summed E-state index contributed by atoms with van der Waals surface area (Å²) in [6.45, 7) is 3.41. The lowest BCUT2D eigenvalue weighted by atomic mass is 10.3. The Kier molecular flexibility index (Phi) is 5.33. The molecule has 0 bridgehead atoms. The summed E-state index contributed by atoms with van der Waals surface area (Å²) in [6.07, 6.45) is 3.62. The zero-order valence-corrected chi connectivity index (χ0v) is 8.93. The van der Waals surface area contributed by atoms with Crippen molar-refractivity contribution >= 4 is 0 Å². The predicted molar refractivity (Wildman–Crippen MR) is 60.7 cm³/mol. The minimum atomic E-state index is 0.343. The van der Waals surface area contributed by atoms with Crippen LogP contribution in [0.4, 0.5) is 0 Å². The van der Waals surface area contributed by atoms with E-state index in [2.05, 4.69) is 0 Å². The van der Waals surface area contributed by atoms with Crippen LogP contribution in [-0.4, -0.2) is 19.3 Å². The summed E-state index contributed by atoms with van der Waals surface area (Å²) in [7, 11) is 0. The number of benzene rings is 1. The monoisotopic (exact) mass is 207 g/mol. The molecule has 0 spiro atoms. The Labute approximate surface area is 90.5 Å². The summed E-state index contributed by atoms with van der Waals surface area (Å²) in [6, 6.07) is 9.79. The van der Waals surface area contributed by atoms with Gasteiger partial charge in [0.2, 0.25) is 0 Å². The highest BCUT2D eigenvalue weighted by molar-refractivity contribution is 5.20. The van der Waals surface area contributed by atoms with E-state index in [1.807, 2.05) is 37.3 Å². The highest BCUT2D eigenvalue weighted by Gasteiger charge is 2.22. The van der Waals surface area contributed by atoms with Crippen molar-refractivity contribution in [3.63, 3.8) is 0 Å². The summed E-state index contributed by atoms with van der Waals surface area (Å²) < 4.78 is 10.4. The van der Waals surface area contributed by atoms with Gasteiger partial charge in [0.15, 0.2) is 0 Å². The molecule has 0 amide bonds. The minimum absolute atomic E-state index is 0.343. The van der Waals surface area contributed by atoms with Crippen LogP contribution in [0.1, 0.15) is 6.92 Å². The van der Waals surface area contributed by atoms with E-state index in [4.69, 9.17) is 15.2 Å². The summed E-state index contributed by atoms with van der Waals surface area (Å²) >= 11 is 0. The number of ether oxygens (including phenoxy) is 2.